The van der Waals surface area contributed by atoms with Gasteiger partial charge in [-0.2, -0.15) is 0 Å². The highest BCUT2D eigenvalue weighted by Gasteiger charge is 2.42. The monoisotopic (exact) mass is 1370 g/mol. The van der Waals surface area contributed by atoms with Crippen LogP contribution in [-0.2, 0) is 94.4 Å². The van der Waals surface area contributed by atoms with Gasteiger partial charge in [0.2, 0.25) is 76.8 Å². The lowest BCUT2D eigenvalue weighted by Crippen LogP contribution is -2.62. The van der Waals surface area contributed by atoms with Crippen LogP contribution in [0.4, 0.5) is 0 Å². The van der Waals surface area contributed by atoms with E-state index in [1.54, 1.807) is 142 Å². The number of amides is 13. The predicted molar refractivity (Wildman–Crippen MR) is 369 cm³/mol. The molecular formula is C73H91N13O14. The van der Waals surface area contributed by atoms with Crippen molar-refractivity contribution in [2.24, 2.45) is 17.4 Å². The van der Waals surface area contributed by atoms with Gasteiger partial charge < -0.3 is 74.6 Å². The number of aromatic hydroxyl groups is 1. The van der Waals surface area contributed by atoms with E-state index in [0.717, 1.165) is 0 Å². The fraction of sp³-hybridized carbons (Fsp3) is 0.411. The molecular weight excluding hydrogens is 1280 g/mol. The van der Waals surface area contributed by atoms with Crippen molar-refractivity contribution in [3.05, 3.63) is 173 Å². The van der Waals surface area contributed by atoms with Gasteiger partial charge in [0.05, 0.1) is 6.42 Å². The zero-order valence-corrected chi connectivity index (χ0v) is 56.4. The minimum absolute atomic E-state index is 0.0154. The summed E-state index contributed by atoms with van der Waals surface area (Å²) in [6.45, 7) is 5.57. The molecule has 27 nitrogen and oxygen atoms in total. The molecule has 10 atom stereocenters. The fourth-order valence-electron chi connectivity index (χ4n) is 11.8. The number of nitrogens with one attached hydrogen (secondary N) is 10. The third-order valence-corrected chi connectivity index (χ3v) is 17.1. The molecule has 7 rings (SSSR count). The van der Waals surface area contributed by atoms with E-state index in [1.165, 1.54) is 29.2 Å². The molecule has 0 aromatic heterocycles. The van der Waals surface area contributed by atoms with Gasteiger partial charge in [0.15, 0.2) is 0 Å². The average Bonchev–Trinajstić information content (AvgIpc) is 1.57. The van der Waals surface area contributed by atoms with Crippen LogP contribution >= 0.6 is 0 Å². The standard InChI is InChI=1S/C73H91N13O14/c1-4-35-76-63(90)43-58-71(98)78-52(32-34-62(75)89)65(92)80-56(41-49-27-29-50(87)30-28-49)68(95)81-54(38-45-18-9-5-10-19-45)67(94)77-51(31-33-61(74)88)64(91)79-53(37-44(2)3)66(93)85-59(42-48-24-15-8-16-25-48)73(100)86-36-17-26-60(86)72(99)84-57(40-47-22-13-7-14-23-47)70(97)82-55(69(96)83-58)39-46-20-11-6-12-21-46/h5-16,18-25,27-30,44,51-60,87H,4,17,26,31-43H2,1-3H3,(H2,74,88)(H2,75,89)(H,76,90)(H,77,94)(H,78,98)(H,79,91)(H,80,92)(H,81,95)(H,82,97)(H,83,96)(H,84,99)(H,85,93)/t51-,52-,53-,54-,55+,56-,57-,58-,59+,60-/m0/s1. The number of fused-ring (bicyclic) bond motifs is 1. The lowest BCUT2D eigenvalue weighted by Gasteiger charge is -2.31. The molecule has 2 heterocycles. The van der Waals surface area contributed by atoms with Gasteiger partial charge in [0.25, 0.3) is 0 Å². The number of phenolic OH excluding ortho intramolecular Hbond substituents is 1. The van der Waals surface area contributed by atoms with Gasteiger partial charge >= 0.3 is 0 Å². The predicted octanol–water partition coefficient (Wildman–Crippen LogP) is 0.767. The molecule has 532 valence electrons. The lowest BCUT2D eigenvalue weighted by atomic mass is 9.99. The highest BCUT2D eigenvalue weighted by Crippen LogP contribution is 2.22. The Kier molecular flexibility index (Phi) is 29.2. The maximum atomic E-state index is 15.3. The second kappa shape index (κ2) is 38.2. The first-order valence-corrected chi connectivity index (χ1v) is 33.7. The van der Waals surface area contributed by atoms with E-state index in [9.17, 15) is 48.3 Å². The van der Waals surface area contributed by atoms with Crippen LogP contribution in [0, 0.1) is 5.92 Å². The summed E-state index contributed by atoms with van der Waals surface area (Å²) in [5.41, 5.74) is 13.8. The number of hydrogen-bond acceptors (Lipinski definition) is 14. The molecule has 5 aromatic rings. The molecule has 0 bridgehead atoms. The Balaban J connectivity index is 1.36. The van der Waals surface area contributed by atoms with E-state index in [-0.39, 0.29) is 69.7 Å². The van der Waals surface area contributed by atoms with Crippen molar-refractivity contribution in [2.75, 3.05) is 13.1 Å². The van der Waals surface area contributed by atoms with Crippen LogP contribution in [0.2, 0.25) is 0 Å². The fourth-order valence-corrected chi connectivity index (χ4v) is 11.8. The van der Waals surface area contributed by atoms with Crippen LogP contribution in [0.25, 0.3) is 0 Å². The first-order chi connectivity index (χ1) is 47.9. The molecule has 27 heteroatoms. The van der Waals surface area contributed by atoms with Crippen molar-refractivity contribution >= 4 is 76.8 Å². The number of carbonyl (C=O) groups excluding carboxylic acids is 13. The van der Waals surface area contributed by atoms with Crippen molar-refractivity contribution < 1.29 is 67.4 Å². The van der Waals surface area contributed by atoms with Crippen LogP contribution in [0.15, 0.2) is 146 Å². The van der Waals surface area contributed by atoms with Gasteiger partial charge in [-0.25, -0.2) is 0 Å². The number of benzene rings is 5. The summed E-state index contributed by atoms with van der Waals surface area (Å²) in [6, 6.07) is 24.5. The van der Waals surface area contributed by atoms with Crippen molar-refractivity contribution in [1.29, 1.82) is 0 Å². The summed E-state index contributed by atoms with van der Waals surface area (Å²) >= 11 is 0. The van der Waals surface area contributed by atoms with E-state index >= 15 is 19.2 Å². The summed E-state index contributed by atoms with van der Waals surface area (Å²) in [6.07, 6.45) is -2.71. The SMILES string of the molecule is CCCNC(=O)C[C@@H]1NC(=O)[C@@H](Cc2ccccc2)NC(=O)[C@H](Cc2ccccc2)NC(=O)[C@@H]2CCCN2C(=O)[C@@H](Cc2ccccc2)NC(=O)[C@H](CC(C)C)NC(=O)[C@H](CCC(N)=O)NC(=O)[C@H](Cc2ccccc2)NC(=O)[C@H](Cc2ccc(O)cc2)NC(=O)[C@H](CCC(N)=O)NC1=O. The molecule has 100 heavy (non-hydrogen) atoms. The van der Waals surface area contributed by atoms with Gasteiger partial charge in [0, 0.05) is 58.0 Å². The Morgan fingerprint density at radius 1 is 0.440 bits per heavy atom. The first-order valence-electron chi connectivity index (χ1n) is 33.7. The topological polar surface area (TPSA) is 418 Å². The Morgan fingerprint density at radius 3 is 1.15 bits per heavy atom. The van der Waals surface area contributed by atoms with Gasteiger partial charge in [-0.05, 0) is 84.4 Å². The summed E-state index contributed by atoms with van der Waals surface area (Å²) in [7, 11) is 0. The van der Waals surface area contributed by atoms with Gasteiger partial charge in [-0.15, -0.1) is 0 Å². The number of nitrogens with two attached hydrogens (primary N) is 2. The molecule has 5 aromatic carbocycles. The van der Waals surface area contributed by atoms with E-state index in [4.69, 9.17) is 11.5 Å². The highest BCUT2D eigenvalue weighted by molar-refractivity contribution is 6.01. The maximum Gasteiger partial charge on any atom is 0.246 e. The summed E-state index contributed by atoms with van der Waals surface area (Å²) < 4.78 is 0. The molecule has 0 aliphatic carbocycles. The molecule has 2 aliphatic heterocycles. The Labute approximate surface area is 580 Å². The zero-order chi connectivity index (χ0) is 72.3. The number of phenols is 1. The Morgan fingerprint density at radius 2 is 0.760 bits per heavy atom. The van der Waals surface area contributed by atoms with Crippen LogP contribution in [0.5, 0.6) is 5.75 Å². The molecule has 0 unspecified atom stereocenters. The van der Waals surface area contributed by atoms with Crippen molar-refractivity contribution in [3.8, 4) is 5.75 Å². The molecule has 15 N–H and O–H groups in total. The van der Waals surface area contributed by atoms with Crippen molar-refractivity contribution in [1.82, 2.24) is 58.1 Å². The van der Waals surface area contributed by atoms with Crippen LogP contribution in [0.3, 0.4) is 0 Å². The Hall–Kier alpha value is -11.0. The van der Waals surface area contributed by atoms with Gasteiger partial charge in [0.1, 0.15) is 66.2 Å². The third kappa shape index (κ3) is 24.2. The maximum absolute atomic E-state index is 15.3. The summed E-state index contributed by atoms with van der Waals surface area (Å²) in [5.74, 6) is -12.1. The molecule has 0 radical (unpaired) electrons. The minimum Gasteiger partial charge on any atom is -0.508 e. The van der Waals surface area contributed by atoms with Crippen LogP contribution in [0.1, 0.15) is 106 Å². The van der Waals surface area contributed by atoms with E-state index in [1.807, 2.05) is 0 Å². The van der Waals surface area contributed by atoms with E-state index in [2.05, 4.69) is 53.2 Å². The van der Waals surface area contributed by atoms with E-state index < -0.39 is 169 Å². The number of carbonyl (C=O) groups is 13. The highest BCUT2D eigenvalue weighted by atomic mass is 16.3. The first kappa shape index (κ1) is 76.4. The number of rotatable bonds is 22. The third-order valence-electron chi connectivity index (χ3n) is 17.1. The average molecular weight is 1370 g/mol. The van der Waals surface area contributed by atoms with E-state index in [0.29, 0.717) is 40.7 Å². The molecule has 0 saturated carbocycles. The quantitative estimate of drug-likeness (QED) is 0.0456. The normalized spacial score (nSPS) is 22.8. The van der Waals surface area contributed by atoms with Crippen molar-refractivity contribution in [2.45, 2.75) is 171 Å². The Bertz CT molecular complexity index is 3640. The summed E-state index contributed by atoms with van der Waals surface area (Å²) in [4.78, 5) is 190. The van der Waals surface area contributed by atoms with Crippen LogP contribution in [-0.4, -0.2) is 160 Å². The zero-order valence-electron chi connectivity index (χ0n) is 56.4. The minimum atomic E-state index is -1.81. The lowest BCUT2D eigenvalue weighted by molar-refractivity contribution is -0.142. The van der Waals surface area contributed by atoms with Crippen molar-refractivity contribution in [3.63, 3.8) is 0 Å². The smallest absolute Gasteiger partial charge is 0.246 e. The number of hydrogen-bond donors (Lipinski definition) is 13. The number of primary amides is 2. The largest absolute Gasteiger partial charge is 0.508 e. The summed E-state index contributed by atoms with van der Waals surface area (Å²) in [5, 5.41) is 37.3. The molecule has 2 saturated heterocycles. The second-order valence-corrected chi connectivity index (χ2v) is 25.6. The molecule has 2 fully saturated rings. The molecule has 2 aliphatic rings. The second-order valence-electron chi connectivity index (χ2n) is 25.6. The molecule has 13 amide bonds. The van der Waals surface area contributed by atoms with Gasteiger partial charge in [-0.3, -0.25) is 62.3 Å². The molecule has 0 spiro atoms. The van der Waals surface area contributed by atoms with Gasteiger partial charge in [-0.1, -0.05) is 154 Å². The van der Waals surface area contributed by atoms with Crippen LogP contribution < -0.4 is 64.6 Å². The number of nitrogens with zero attached hydrogens (tertiary/aromatic N) is 1.